The molecule has 1 aromatic heterocycles. The van der Waals surface area contributed by atoms with Crippen molar-refractivity contribution in [1.82, 2.24) is 9.97 Å². The van der Waals surface area contributed by atoms with Crippen LogP contribution in [0.15, 0.2) is 34.0 Å². The third-order valence-electron chi connectivity index (χ3n) is 2.84. The van der Waals surface area contributed by atoms with Gasteiger partial charge in [0.1, 0.15) is 5.82 Å². The van der Waals surface area contributed by atoms with Crippen LogP contribution in [0.25, 0.3) is 0 Å². The first-order valence-electron chi connectivity index (χ1n) is 6.07. The van der Waals surface area contributed by atoms with Crippen LogP contribution < -0.4 is 5.56 Å². The Bertz CT molecular complexity index is 640. The maximum absolute atomic E-state index is 11.8. The quantitative estimate of drug-likeness (QED) is 0.877. The molecule has 0 aliphatic rings. The molecule has 0 aliphatic carbocycles. The normalized spacial score (nSPS) is 10.7. The first-order valence-corrected chi connectivity index (χ1v) is 7.44. The molecule has 0 saturated carbocycles. The molecule has 5 heteroatoms. The Balaban J connectivity index is 2.19. The zero-order valence-electron chi connectivity index (χ0n) is 10.9. The molecular weight excluding hydrogens is 280 g/mol. The molecular formula is C14H15ClN2OS. The van der Waals surface area contributed by atoms with Crippen molar-refractivity contribution in [2.45, 2.75) is 30.9 Å². The molecule has 19 heavy (non-hydrogen) atoms. The molecule has 3 nitrogen and oxygen atoms in total. The number of aromatic nitrogens is 2. The minimum atomic E-state index is -0.0541. The van der Waals surface area contributed by atoms with Gasteiger partial charge in [-0.25, -0.2) is 4.98 Å². The Labute approximate surface area is 121 Å². The van der Waals surface area contributed by atoms with Crippen LogP contribution in [0, 0.1) is 6.92 Å². The third-order valence-corrected chi connectivity index (χ3v) is 4.36. The maximum Gasteiger partial charge on any atom is 0.254 e. The van der Waals surface area contributed by atoms with Crippen LogP contribution in [0.2, 0.25) is 5.02 Å². The number of hydrogen-bond acceptors (Lipinski definition) is 3. The van der Waals surface area contributed by atoms with Crippen molar-refractivity contribution in [3.63, 3.8) is 0 Å². The average Bonchev–Trinajstić information content (AvgIpc) is 2.41. The molecule has 0 aliphatic heterocycles. The lowest BCUT2D eigenvalue weighted by Gasteiger charge is -2.06. The minimum absolute atomic E-state index is 0.0541. The van der Waals surface area contributed by atoms with Crippen LogP contribution in [0.1, 0.15) is 24.0 Å². The summed E-state index contributed by atoms with van der Waals surface area (Å²) < 4.78 is 0. The molecule has 2 aromatic rings. The van der Waals surface area contributed by atoms with Gasteiger partial charge in [0.05, 0.1) is 16.5 Å². The number of nitrogens with one attached hydrogen (secondary N) is 1. The fourth-order valence-corrected chi connectivity index (χ4v) is 2.86. The summed E-state index contributed by atoms with van der Waals surface area (Å²) in [5, 5.41) is 0.720. The van der Waals surface area contributed by atoms with Gasteiger partial charge in [-0.2, -0.15) is 0 Å². The van der Waals surface area contributed by atoms with Crippen LogP contribution in [0.5, 0.6) is 0 Å². The van der Waals surface area contributed by atoms with Gasteiger partial charge in [0, 0.05) is 10.5 Å². The number of nitrogens with zero attached hydrogens (tertiary/aromatic N) is 1. The molecule has 0 fully saturated rings. The molecule has 1 aromatic carbocycles. The molecule has 0 atom stereocenters. The van der Waals surface area contributed by atoms with Gasteiger partial charge in [-0.15, -0.1) is 11.8 Å². The molecule has 0 saturated heterocycles. The van der Waals surface area contributed by atoms with Gasteiger partial charge in [-0.3, -0.25) is 4.79 Å². The smallest absolute Gasteiger partial charge is 0.254 e. The molecule has 0 unspecified atom stereocenters. The predicted octanol–water partition coefficient (Wildman–Crippen LogP) is 3.59. The van der Waals surface area contributed by atoms with E-state index in [0.29, 0.717) is 17.1 Å². The summed E-state index contributed by atoms with van der Waals surface area (Å²) in [5.74, 6) is 1.30. The number of hydrogen-bond donors (Lipinski definition) is 1. The van der Waals surface area contributed by atoms with Gasteiger partial charge in [-0.05, 0) is 25.5 Å². The molecule has 1 N–H and O–H groups in total. The highest BCUT2D eigenvalue weighted by atomic mass is 35.5. The second kappa shape index (κ2) is 6.26. The number of halogens is 1. The molecule has 0 bridgehead atoms. The summed E-state index contributed by atoms with van der Waals surface area (Å²) in [5.41, 5.74) is 1.51. The lowest BCUT2D eigenvalue weighted by molar-refractivity contribution is 0.895. The predicted molar refractivity (Wildman–Crippen MR) is 80.0 cm³/mol. The number of H-pyrrole nitrogens is 1. The topological polar surface area (TPSA) is 45.8 Å². The third kappa shape index (κ3) is 3.39. The van der Waals surface area contributed by atoms with Crippen molar-refractivity contribution in [1.29, 1.82) is 0 Å². The van der Waals surface area contributed by atoms with Crippen LogP contribution >= 0.6 is 23.4 Å². The molecule has 2 rings (SSSR count). The highest BCUT2D eigenvalue weighted by molar-refractivity contribution is 7.98. The number of rotatable bonds is 4. The van der Waals surface area contributed by atoms with Crippen LogP contribution in [0.3, 0.4) is 0 Å². The first-order chi connectivity index (χ1) is 9.11. The van der Waals surface area contributed by atoms with E-state index in [-0.39, 0.29) is 5.56 Å². The Morgan fingerprint density at radius 2 is 2.11 bits per heavy atom. The van der Waals surface area contributed by atoms with E-state index < -0.39 is 0 Å². The summed E-state index contributed by atoms with van der Waals surface area (Å²) in [4.78, 5) is 20.0. The van der Waals surface area contributed by atoms with Crippen molar-refractivity contribution in [2.24, 2.45) is 0 Å². The fourth-order valence-electron chi connectivity index (χ4n) is 1.75. The number of thioether (sulfide) groups is 1. The summed E-state index contributed by atoms with van der Waals surface area (Å²) >= 11 is 7.66. The Hall–Kier alpha value is -1.26. The number of benzene rings is 1. The fraction of sp³-hybridized carbons (Fsp3) is 0.286. The zero-order valence-corrected chi connectivity index (χ0v) is 12.4. The lowest BCUT2D eigenvalue weighted by Crippen LogP contribution is -2.17. The van der Waals surface area contributed by atoms with Crippen molar-refractivity contribution in [2.75, 3.05) is 0 Å². The SMILES string of the molecule is CCc1nc(CSc2ccccc2Cl)[nH]c(=O)c1C. The standard InChI is InChI=1S/C14H15ClN2OS/c1-3-11-9(2)14(18)17-13(16-11)8-19-12-7-5-4-6-10(12)15/h4-7H,3,8H2,1-2H3,(H,16,17,18). The Kier molecular flexibility index (Phi) is 4.66. The van der Waals surface area contributed by atoms with Crippen molar-refractivity contribution >= 4 is 23.4 Å². The van der Waals surface area contributed by atoms with Gasteiger partial charge < -0.3 is 4.98 Å². The highest BCUT2D eigenvalue weighted by Gasteiger charge is 2.07. The minimum Gasteiger partial charge on any atom is -0.310 e. The first kappa shape index (κ1) is 14.2. The van der Waals surface area contributed by atoms with Gasteiger partial charge >= 0.3 is 0 Å². The van der Waals surface area contributed by atoms with Crippen LogP contribution in [0.4, 0.5) is 0 Å². The summed E-state index contributed by atoms with van der Waals surface area (Å²) in [6, 6.07) is 7.65. The van der Waals surface area contributed by atoms with E-state index in [2.05, 4.69) is 9.97 Å². The second-order valence-electron chi connectivity index (χ2n) is 4.16. The monoisotopic (exact) mass is 294 g/mol. The van der Waals surface area contributed by atoms with Crippen LogP contribution in [-0.4, -0.2) is 9.97 Å². The lowest BCUT2D eigenvalue weighted by atomic mass is 10.2. The van der Waals surface area contributed by atoms with Crippen molar-refractivity contribution in [3.8, 4) is 0 Å². The van der Waals surface area contributed by atoms with Gasteiger partial charge in [0.25, 0.3) is 5.56 Å². The van der Waals surface area contributed by atoms with Crippen molar-refractivity contribution < 1.29 is 0 Å². The van der Waals surface area contributed by atoms with E-state index in [1.165, 1.54) is 0 Å². The largest absolute Gasteiger partial charge is 0.310 e. The Morgan fingerprint density at radius 1 is 1.37 bits per heavy atom. The maximum atomic E-state index is 11.8. The molecule has 1 heterocycles. The number of aromatic amines is 1. The second-order valence-corrected chi connectivity index (χ2v) is 5.58. The van der Waals surface area contributed by atoms with Gasteiger partial charge in [0.2, 0.25) is 0 Å². The van der Waals surface area contributed by atoms with Crippen LogP contribution in [-0.2, 0) is 12.2 Å². The van der Waals surface area contributed by atoms with Gasteiger partial charge in [0.15, 0.2) is 0 Å². The molecule has 100 valence electrons. The molecule has 0 spiro atoms. The van der Waals surface area contributed by atoms with Crippen molar-refractivity contribution in [3.05, 3.63) is 56.7 Å². The van der Waals surface area contributed by atoms with E-state index in [4.69, 9.17) is 11.6 Å². The zero-order chi connectivity index (χ0) is 13.8. The summed E-state index contributed by atoms with van der Waals surface area (Å²) in [6.45, 7) is 3.80. The number of aryl methyl sites for hydroxylation is 1. The Morgan fingerprint density at radius 3 is 2.79 bits per heavy atom. The van der Waals surface area contributed by atoms with E-state index in [1.54, 1.807) is 18.7 Å². The van der Waals surface area contributed by atoms with E-state index in [1.807, 2.05) is 31.2 Å². The van der Waals surface area contributed by atoms with E-state index in [0.717, 1.165) is 22.0 Å². The summed E-state index contributed by atoms with van der Waals surface area (Å²) in [6.07, 6.45) is 0.763. The average molecular weight is 295 g/mol. The summed E-state index contributed by atoms with van der Waals surface area (Å²) in [7, 11) is 0. The highest BCUT2D eigenvalue weighted by Crippen LogP contribution is 2.28. The van der Waals surface area contributed by atoms with E-state index >= 15 is 0 Å². The van der Waals surface area contributed by atoms with Gasteiger partial charge in [-0.1, -0.05) is 30.7 Å². The molecule has 0 radical (unpaired) electrons. The van der Waals surface area contributed by atoms with E-state index in [9.17, 15) is 4.79 Å². The molecule has 0 amide bonds.